The minimum Gasteiger partial charge on any atom is -0.477 e. The van der Waals surface area contributed by atoms with E-state index in [0.29, 0.717) is 10.4 Å². The summed E-state index contributed by atoms with van der Waals surface area (Å²) in [5.74, 6) is -0.900. The fourth-order valence-electron chi connectivity index (χ4n) is 1.49. The predicted octanol–water partition coefficient (Wildman–Crippen LogP) is 2.61. The zero-order chi connectivity index (χ0) is 10.3. The van der Waals surface area contributed by atoms with Gasteiger partial charge in [-0.3, -0.25) is 4.98 Å². The standard InChI is InChI=1S/C10H9NO2S/c1-5-3-6(2)11-8-7(5)4-14-9(8)10(12)13/h3-4H,1-2H3,(H,12,13). The van der Waals surface area contributed by atoms with Crippen LogP contribution in [0.3, 0.4) is 0 Å². The first kappa shape index (κ1) is 9.15. The molecule has 0 atom stereocenters. The maximum Gasteiger partial charge on any atom is 0.348 e. The van der Waals surface area contributed by atoms with Gasteiger partial charge >= 0.3 is 5.97 Å². The molecule has 14 heavy (non-hydrogen) atoms. The Hall–Kier alpha value is -1.42. The first-order valence-corrected chi connectivity index (χ1v) is 5.06. The van der Waals surface area contributed by atoms with Crippen molar-refractivity contribution in [1.82, 2.24) is 4.98 Å². The average Bonchev–Trinajstić information content (AvgIpc) is 2.47. The number of rotatable bonds is 1. The van der Waals surface area contributed by atoms with E-state index in [2.05, 4.69) is 4.98 Å². The summed E-state index contributed by atoms with van der Waals surface area (Å²) in [6.07, 6.45) is 0. The van der Waals surface area contributed by atoms with Gasteiger partial charge in [-0.2, -0.15) is 0 Å². The Bertz CT molecular complexity index is 516. The highest BCUT2D eigenvalue weighted by Crippen LogP contribution is 2.27. The Morgan fingerprint density at radius 1 is 1.50 bits per heavy atom. The molecule has 0 fully saturated rings. The Balaban J connectivity index is 2.85. The maximum absolute atomic E-state index is 10.9. The van der Waals surface area contributed by atoms with E-state index < -0.39 is 5.97 Å². The van der Waals surface area contributed by atoms with Crippen LogP contribution in [0.5, 0.6) is 0 Å². The summed E-state index contributed by atoms with van der Waals surface area (Å²) >= 11 is 1.23. The third-order valence-electron chi connectivity index (χ3n) is 2.10. The van der Waals surface area contributed by atoms with Gasteiger partial charge in [0.2, 0.25) is 0 Å². The Morgan fingerprint density at radius 2 is 2.21 bits per heavy atom. The number of hydrogen-bond donors (Lipinski definition) is 1. The number of carbonyl (C=O) groups is 1. The van der Waals surface area contributed by atoms with Crippen molar-refractivity contribution in [3.63, 3.8) is 0 Å². The topological polar surface area (TPSA) is 50.2 Å². The van der Waals surface area contributed by atoms with Crippen molar-refractivity contribution in [1.29, 1.82) is 0 Å². The number of thiophene rings is 1. The molecule has 2 aromatic rings. The lowest BCUT2D eigenvalue weighted by molar-refractivity contribution is 0.0704. The molecule has 1 N–H and O–H groups in total. The van der Waals surface area contributed by atoms with E-state index in [0.717, 1.165) is 16.6 Å². The van der Waals surface area contributed by atoms with Gasteiger partial charge in [0.25, 0.3) is 0 Å². The number of carboxylic acid groups (broad SMARTS) is 1. The van der Waals surface area contributed by atoms with Crippen LogP contribution in [0, 0.1) is 13.8 Å². The van der Waals surface area contributed by atoms with Crippen LogP contribution in [0.1, 0.15) is 20.9 Å². The van der Waals surface area contributed by atoms with Crippen molar-refractivity contribution in [2.75, 3.05) is 0 Å². The molecular formula is C10H9NO2S. The number of carboxylic acids is 1. The van der Waals surface area contributed by atoms with Crippen molar-refractivity contribution >= 4 is 28.2 Å². The molecule has 3 nitrogen and oxygen atoms in total. The SMILES string of the molecule is Cc1cc(C)c2csc(C(=O)O)c2n1. The fourth-order valence-corrected chi connectivity index (χ4v) is 2.40. The van der Waals surface area contributed by atoms with Crippen molar-refractivity contribution in [2.45, 2.75) is 13.8 Å². The maximum atomic E-state index is 10.9. The minimum atomic E-state index is -0.900. The van der Waals surface area contributed by atoms with Gasteiger partial charge in [-0.1, -0.05) is 0 Å². The molecule has 0 aromatic carbocycles. The molecule has 2 rings (SSSR count). The Morgan fingerprint density at radius 3 is 2.86 bits per heavy atom. The van der Waals surface area contributed by atoms with E-state index in [-0.39, 0.29) is 0 Å². The molecule has 0 saturated heterocycles. The smallest absolute Gasteiger partial charge is 0.348 e. The average molecular weight is 207 g/mol. The van der Waals surface area contributed by atoms with Gasteiger partial charge in [0.1, 0.15) is 4.88 Å². The lowest BCUT2D eigenvalue weighted by Crippen LogP contribution is -1.95. The van der Waals surface area contributed by atoms with Gasteiger partial charge in [-0.25, -0.2) is 4.79 Å². The Labute approximate surface area is 85.0 Å². The quantitative estimate of drug-likeness (QED) is 0.782. The molecule has 0 saturated carbocycles. The number of fused-ring (bicyclic) bond motifs is 1. The van der Waals surface area contributed by atoms with Crippen LogP contribution in [-0.2, 0) is 0 Å². The van der Waals surface area contributed by atoms with Gasteiger partial charge < -0.3 is 5.11 Å². The first-order valence-electron chi connectivity index (χ1n) is 4.18. The van der Waals surface area contributed by atoms with E-state index in [9.17, 15) is 4.79 Å². The van der Waals surface area contributed by atoms with Gasteiger partial charge in [-0.15, -0.1) is 11.3 Å². The summed E-state index contributed by atoms with van der Waals surface area (Å²) in [6.45, 7) is 3.84. The van der Waals surface area contributed by atoms with E-state index >= 15 is 0 Å². The van der Waals surface area contributed by atoms with Gasteiger partial charge in [-0.05, 0) is 25.5 Å². The van der Waals surface area contributed by atoms with Crippen LogP contribution < -0.4 is 0 Å². The minimum absolute atomic E-state index is 0.326. The second kappa shape index (κ2) is 3.06. The van der Waals surface area contributed by atoms with Gasteiger partial charge in [0.15, 0.2) is 0 Å². The first-order chi connectivity index (χ1) is 6.59. The summed E-state index contributed by atoms with van der Waals surface area (Å²) in [4.78, 5) is 15.4. The highest BCUT2D eigenvalue weighted by molar-refractivity contribution is 7.13. The molecule has 0 aliphatic rings. The van der Waals surface area contributed by atoms with Crippen LogP contribution in [0.4, 0.5) is 0 Å². The number of aromatic carboxylic acids is 1. The number of nitrogens with zero attached hydrogens (tertiary/aromatic N) is 1. The highest BCUT2D eigenvalue weighted by Gasteiger charge is 2.13. The van der Waals surface area contributed by atoms with E-state index in [1.54, 1.807) is 0 Å². The Kier molecular flexibility index (Phi) is 2.00. The van der Waals surface area contributed by atoms with Crippen LogP contribution >= 0.6 is 11.3 Å². The van der Waals surface area contributed by atoms with Crippen LogP contribution in [0.2, 0.25) is 0 Å². The molecule has 0 aliphatic carbocycles. The largest absolute Gasteiger partial charge is 0.477 e. The zero-order valence-corrected chi connectivity index (χ0v) is 8.68. The lowest BCUT2D eigenvalue weighted by atomic mass is 10.1. The number of hydrogen-bond acceptors (Lipinski definition) is 3. The summed E-state index contributed by atoms with van der Waals surface area (Å²) < 4.78 is 0. The van der Waals surface area contributed by atoms with Crippen molar-refractivity contribution < 1.29 is 9.90 Å². The third kappa shape index (κ3) is 1.28. The number of aryl methyl sites for hydroxylation is 2. The third-order valence-corrected chi connectivity index (χ3v) is 3.05. The number of pyridine rings is 1. The fraction of sp³-hybridized carbons (Fsp3) is 0.200. The van der Waals surface area contributed by atoms with Crippen molar-refractivity contribution in [2.24, 2.45) is 0 Å². The number of aromatic nitrogens is 1. The second-order valence-corrected chi connectivity index (χ2v) is 4.09. The molecular weight excluding hydrogens is 198 g/mol. The molecule has 0 aliphatic heterocycles. The molecule has 2 aromatic heterocycles. The second-order valence-electron chi connectivity index (χ2n) is 3.21. The lowest BCUT2D eigenvalue weighted by Gasteiger charge is -1.98. The molecule has 72 valence electrons. The van der Waals surface area contributed by atoms with Crippen LogP contribution in [0.25, 0.3) is 10.9 Å². The molecule has 0 bridgehead atoms. The van der Waals surface area contributed by atoms with E-state index in [1.807, 2.05) is 25.3 Å². The molecule has 0 unspecified atom stereocenters. The van der Waals surface area contributed by atoms with E-state index in [1.165, 1.54) is 11.3 Å². The van der Waals surface area contributed by atoms with Crippen LogP contribution in [0.15, 0.2) is 11.4 Å². The zero-order valence-electron chi connectivity index (χ0n) is 7.87. The molecule has 0 radical (unpaired) electrons. The summed E-state index contributed by atoms with van der Waals surface area (Å²) in [5, 5.41) is 11.7. The van der Waals surface area contributed by atoms with E-state index in [4.69, 9.17) is 5.11 Å². The van der Waals surface area contributed by atoms with Gasteiger partial charge in [0.05, 0.1) is 5.52 Å². The predicted molar refractivity (Wildman–Crippen MR) is 56.1 cm³/mol. The normalized spacial score (nSPS) is 10.7. The molecule has 0 amide bonds. The summed E-state index contributed by atoms with van der Waals surface area (Å²) in [7, 11) is 0. The molecule has 4 heteroatoms. The van der Waals surface area contributed by atoms with Gasteiger partial charge in [0, 0.05) is 16.5 Å². The summed E-state index contributed by atoms with van der Waals surface area (Å²) in [5.41, 5.74) is 2.55. The summed E-state index contributed by atoms with van der Waals surface area (Å²) in [6, 6.07) is 1.96. The molecule has 2 heterocycles. The van der Waals surface area contributed by atoms with Crippen molar-refractivity contribution in [3.05, 3.63) is 27.6 Å². The van der Waals surface area contributed by atoms with Crippen LogP contribution in [-0.4, -0.2) is 16.1 Å². The monoisotopic (exact) mass is 207 g/mol. The highest BCUT2D eigenvalue weighted by atomic mass is 32.1. The molecule has 0 spiro atoms. The van der Waals surface area contributed by atoms with Crippen molar-refractivity contribution in [3.8, 4) is 0 Å².